The number of carbonyl (C=O) groups excluding carboxylic acids is 2. The number of amides is 1. The molecule has 1 unspecified atom stereocenters. The van der Waals surface area contributed by atoms with E-state index < -0.39 is 5.97 Å². The molecule has 1 amide bonds. The van der Waals surface area contributed by atoms with Crippen molar-refractivity contribution in [1.82, 2.24) is 15.1 Å². The Morgan fingerprint density at radius 2 is 1.88 bits per heavy atom. The number of aromatic nitrogens is 2. The van der Waals surface area contributed by atoms with Gasteiger partial charge >= 0.3 is 5.97 Å². The third-order valence-corrected chi connectivity index (χ3v) is 7.14. The van der Waals surface area contributed by atoms with Crippen LogP contribution in [0.4, 0.5) is 0 Å². The van der Waals surface area contributed by atoms with Gasteiger partial charge in [0.25, 0.3) is 5.91 Å². The first-order valence-electron chi connectivity index (χ1n) is 10.7. The van der Waals surface area contributed by atoms with Crippen LogP contribution in [0.2, 0.25) is 0 Å². The van der Waals surface area contributed by atoms with Crippen molar-refractivity contribution in [2.75, 3.05) is 6.61 Å². The molecule has 1 atom stereocenters. The maximum Gasteiger partial charge on any atom is 0.306 e. The summed E-state index contributed by atoms with van der Waals surface area (Å²) in [6, 6.07) is 17.1. The zero-order chi connectivity index (χ0) is 23.3. The highest BCUT2D eigenvalue weighted by Gasteiger charge is 2.34. The van der Waals surface area contributed by atoms with Gasteiger partial charge in [0.1, 0.15) is 0 Å². The zero-order valence-corrected chi connectivity index (χ0v) is 19.6. The van der Waals surface area contributed by atoms with E-state index in [0.717, 1.165) is 21.0 Å². The Morgan fingerprint density at radius 3 is 2.65 bits per heavy atom. The molecule has 0 fully saturated rings. The monoisotopic (exact) mass is 492 g/mol. The van der Waals surface area contributed by atoms with Crippen LogP contribution in [0.25, 0.3) is 11.4 Å². The largest absolute Gasteiger partial charge is 0.455 e. The molecule has 34 heavy (non-hydrogen) atoms. The van der Waals surface area contributed by atoms with Crippen LogP contribution in [0.1, 0.15) is 34.5 Å². The number of hydrogen-bond donors (Lipinski definition) is 0. The molecule has 0 bridgehead atoms. The SMILES string of the molecule is O=C(CCc1nc(-c2ccccc2)no1)OCC(=O)N1N=C(c2cccs2)CC1c1cccs1. The molecule has 0 N–H and O–H groups in total. The summed E-state index contributed by atoms with van der Waals surface area (Å²) in [5.74, 6) is -0.0681. The summed E-state index contributed by atoms with van der Waals surface area (Å²) in [5.41, 5.74) is 1.69. The lowest BCUT2D eigenvalue weighted by molar-refractivity contribution is -0.152. The molecular weight excluding hydrogens is 472 g/mol. The van der Waals surface area contributed by atoms with Crippen molar-refractivity contribution in [3.05, 3.63) is 81.0 Å². The molecule has 0 saturated carbocycles. The van der Waals surface area contributed by atoms with Crippen LogP contribution in [0.3, 0.4) is 0 Å². The Kier molecular flexibility index (Phi) is 6.59. The predicted octanol–water partition coefficient (Wildman–Crippen LogP) is 4.71. The summed E-state index contributed by atoms with van der Waals surface area (Å²) in [6.45, 7) is -0.374. The molecule has 0 radical (unpaired) electrons. The van der Waals surface area contributed by atoms with Gasteiger partial charge in [0.2, 0.25) is 11.7 Å². The summed E-state index contributed by atoms with van der Waals surface area (Å²) in [7, 11) is 0. The number of ether oxygens (including phenoxy) is 1. The van der Waals surface area contributed by atoms with Crippen molar-refractivity contribution in [3.8, 4) is 11.4 Å². The van der Waals surface area contributed by atoms with Gasteiger partial charge in [0, 0.05) is 23.3 Å². The van der Waals surface area contributed by atoms with Gasteiger partial charge in [-0.15, -0.1) is 22.7 Å². The fraction of sp³-hybridized carbons (Fsp3) is 0.208. The van der Waals surface area contributed by atoms with E-state index in [2.05, 4.69) is 15.2 Å². The van der Waals surface area contributed by atoms with Crippen LogP contribution >= 0.6 is 22.7 Å². The number of benzene rings is 1. The second-order valence-corrected chi connectivity index (χ2v) is 9.46. The van der Waals surface area contributed by atoms with E-state index >= 15 is 0 Å². The standard InChI is InChI=1S/C24H20N4O4S2/c29-22(28-18(20-9-5-13-34-20)14-17(26-28)19-8-4-12-33-19)15-31-23(30)11-10-21-25-24(27-32-21)16-6-2-1-3-7-16/h1-9,12-13,18H,10-11,14-15H2. The summed E-state index contributed by atoms with van der Waals surface area (Å²) >= 11 is 3.16. The van der Waals surface area contributed by atoms with E-state index in [1.54, 1.807) is 22.7 Å². The van der Waals surface area contributed by atoms with Gasteiger partial charge in [-0.1, -0.05) is 47.6 Å². The quantitative estimate of drug-likeness (QED) is 0.330. The molecule has 1 aromatic carbocycles. The molecular formula is C24H20N4O4S2. The number of thiophene rings is 2. The lowest BCUT2D eigenvalue weighted by atomic mass is 10.1. The molecule has 4 aromatic rings. The second-order valence-electron chi connectivity index (χ2n) is 7.54. The number of rotatable bonds is 8. The number of nitrogens with zero attached hydrogens (tertiary/aromatic N) is 4. The number of hydrogen-bond acceptors (Lipinski definition) is 9. The number of carbonyl (C=O) groups is 2. The zero-order valence-electron chi connectivity index (χ0n) is 18.0. The molecule has 172 valence electrons. The Labute approximate surface area is 203 Å². The molecule has 0 saturated heterocycles. The number of esters is 1. The smallest absolute Gasteiger partial charge is 0.306 e. The van der Waals surface area contributed by atoms with Crippen molar-refractivity contribution in [2.24, 2.45) is 5.10 Å². The van der Waals surface area contributed by atoms with E-state index in [1.165, 1.54) is 5.01 Å². The highest BCUT2D eigenvalue weighted by Crippen LogP contribution is 2.35. The van der Waals surface area contributed by atoms with Crippen LogP contribution in [0, 0.1) is 0 Å². The summed E-state index contributed by atoms with van der Waals surface area (Å²) < 4.78 is 10.5. The molecule has 0 aliphatic carbocycles. The van der Waals surface area contributed by atoms with Gasteiger partial charge in [-0.3, -0.25) is 9.59 Å². The average molecular weight is 493 g/mol. The van der Waals surface area contributed by atoms with E-state index in [0.29, 0.717) is 18.1 Å². The predicted molar refractivity (Wildman–Crippen MR) is 128 cm³/mol. The van der Waals surface area contributed by atoms with Crippen molar-refractivity contribution < 1.29 is 18.8 Å². The highest BCUT2D eigenvalue weighted by molar-refractivity contribution is 7.12. The summed E-state index contributed by atoms with van der Waals surface area (Å²) in [5, 5.41) is 13.9. The van der Waals surface area contributed by atoms with Gasteiger partial charge in [-0.25, -0.2) is 5.01 Å². The van der Waals surface area contributed by atoms with Gasteiger partial charge in [-0.2, -0.15) is 10.1 Å². The minimum Gasteiger partial charge on any atom is -0.455 e. The highest BCUT2D eigenvalue weighted by atomic mass is 32.1. The normalized spacial score (nSPS) is 15.4. The molecule has 0 spiro atoms. The molecule has 8 nitrogen and oxygen atoms in total. The fourth-order valence-corrected chi connectivity index (χ4v) is 5.12. The Balaban J connectivity index is 1.17. The lowest BCUT2D eigenvalue weighted by Crippen LogP contribution is -2.31. The van der Waals surface area contributed by atoms with Crippen LogP contribution < -0.4 is 0 Å². The molecule has 1 aliphatic rings. The molecule has 1 aliphatic heterocycles. The minimum absolute atomic E-state index is 0.0295. The van der Waals surface area contributed by atoms with Gasteiger partial charge in [0.15, 0.2) is 6.61 Å². The number of aryl methyl sites for hydroxylation is 1. The summed E-state index contributed by atoms with van der Waals surface area (Å²) in [6.07, 6.45) is 0.887. The van der Waals surface area contributed by atoms with E-state index in [4.69, 9.17) is 9.26 Å². The third kappa shape index (κ3) is 4.97. The molecule has 5 rings (SSSR count). The molecule has 3 aromatic heterocycles. The van der Waals surface area contributed by atoms with Crippen molar-refractivity contribution in [3.63, 3.8) is 0 Å². The van der Waals surface area contributed by atoms with Crippen LogP contribution in [0.5, 0.6) is 0 Å². The van der Waals surface area contributed by atoms with Crippen molar-refractivity contribution >= 4 is 40.3 Å². The van der Waals surface area contributed by atoms with E-state index in [9.17, 15) is 9.59 Å². The second kappa shape index (κ2) is 10.1. The minimum atomic E-state index is -0.512. The lowest BCUT2D eigenvalue weighted by Gasteiger charge is -2.20. The number of hydrazone groups is 1. The first-order valence-corrected chi connectivity index (χ1v) is 12.4. The van der Waals surface area contributed by atoms with Crippen LogP contribution in [0.15, 0.2) is 75.0 Å². The van der Waals surface area contributed by atoms with Crippen LogP contribution in [-0.2, 0) is 20.7 Å². The first kappa shape index (κ1) is 22.2. The fourth-order valence-electron chi connectivity index (χ4n) is 3.58. The van der Waals surface area contributed by atoms with Crippen LogP contribution in [-0.4, -0.2) is 39.3 Å². The maximum atomic E-state index is 12.9. The Hall–Kier alpha value is -3.63. The van der Waals surface area contributed by atoms with E-state index in [1.807, 2.05) is 65.4 Å². The van der Waals surface area contributed by atoms with Gasteiger partial charge in [0.05, 0.1) is 23.1 Å². The molecule has 4 heterocycles. The topological polar surface area (TPSA) is 97.9 Å². The van der Waals surface area contributed by atoms with E-state index in [-0.39, 0.29) is 31.4 Å². The van der Waals surface area contributed by atoms with Crippen molar-refractivity contribution in [2.45, 2.75) is 25.3 Å². The third-order valence-electron chi connectivity index (χ3n) is 5.24. The van der Waals surface area contributed by atoms with Gasteiger partial charge < -0.3 is 9.26 Å². The summed E-state index contributed by atoms with van der Waals surface area (Å²) in [4.78, 5) is 31.6. The van der Waals surface area contributed by atoms with Gasteiger partial charge in [-0.05, 0) is 22.9 Å². The maximum absolute atomic E-state index is 12.9. The molecule has 10 heteroatoms. The average Bonchev–Trinajstić information content (AvgIpc) is 3.67. The first-order chi connectivity index (χ1) is 16.7. The Morgan fingerprint density at radius 1 is 1.06 bits per heavy atom. The van der Waals surface area contributed by atoms with Crippen molar-refractivity contribution in [1.29, 1.82) is 0 Å². The Bertz CT molecular complexity index is 1280.